The van der Waals surface area contributed by atoms with Gasteiger partial charge in [0.1, 0.15) is 5.82 Å². The van der Waals surface area contributed by atoms with E-state index in [0.717, 1.165) is 17.9 Å². The lowest BCUT2D eigenvalue weighted by Crippen LogP contribution is -2.48. The molecule has 1 aliphatic rings. The molecule has 0 aliphatic heterocycles. The van der Waals surface area contributed by atoms with Gasteiger partial charge in [-0.2, -0.15) is 0 Å². The lowest BCUT2D eigenvalue weighted by atomic mass is 9.69. The summed E-state index contributed by atoms with van der Waals surface area (Å²) >= 11 is 0. The molecule has 0 amide bonds. The summed E-state index contributed by atoms with van der Waals surface area (Å²) < 4.78 is 13.3. The Morgan fingerprint density at radius 1 is 1.37 bits per heavy atom. The van der Waals surface area contributed by atoms with Crippen molar-refractivity contribution < 1.29 is 4.39 Å². The first-order valence-electron chi connectivity index (χ1n) is 7.54. The molecule has 0 radical (unpaired) electrons. The highest BCUT2D eigenvalue weighted by Gasteiger charge is 2.34. The van der Waals surface area contributed by atoms with Gasteiger partial charge in [0.05, 0.1) is 0 Å². The Bertz CT molecular complexity index is 413. The van der Waals surface area contributed by atoms with Crippen LogP contribution >= 0.6 is 0 Å². The Labute approximate surface area is 116 Å². The fourth-order valence-corrected chi connectivity index (χ4v) is 3.49. The van der Waals surface area contributed by atoms with Gasteiger partial charge in [0, 0.05) is 5.54 Å². The van der Waals surface area contributed by atoms with Crippen LogP contribution in [0.5, 0.6) is 0 Å². The van der Waals surface area contributed by atoms with Crippen molar-refractivity contribution in [2.45, 2.75) is 57.9 Å². The van der Waals surface area contributed by atoms with Crippen molar-refractivity contribution in [3.8, 4) is 0 Å². The molecule has 0 bridgehead atoms. The molecule has 2 N–H and O–H groups in total. The predicted octanol–water partition coefficient (Wildman–Crippen LogP) is 4.30. The Kier molecular flexibility index (Phi) is 4.62. The minimum atomic E-state index is -0.221. The van der Waals surface area contributed by atoms with Crippen molar-refractivity contribution in [1.82, 2.24) is 0 Å². The molecule has 3 unspecified atom stereocenters. The van der Waals surface area contributed by atoms with Crippen molar-refractivity contribution in [1.29, 1.82) is 0 Å². The largest absolute Gasteiger partial charge is 0.325 e. The molecule has 106 valence electrons. The zero-order chi connectivity index (χ0) is 13.9. The summed E-state index contributed by atoms with van der Waals surface area (Å²) in [6.07, 6.45) is 7.12. The fraction of sp³-hybridized carbons (Fsp3) is 0.647. The van der Waals surface area contributed by atoms with Gasteiger partial charge in [-0.15, -0.1) is 0 Å². The summed E-state index contributed by atoms with van der Waals surface area (Å²) in [7, 11) is 0. The Balaban J connectivity index is 2.04. The molecule has 0 aromatic heterocycles. The first-order chi connectivity index (χ1) is 9.01. The maximum atomic E-state index is 13.3. The summed E-state index contributed by atoms with van der Waals surface area (Å²) in [6.45, 7) is 4.41. The van der Waals surface area contributed by atoms with Gasteiger partial charge >= 0.3 is 0 Å². The number of benzene rings is 1. The average molecular weight is 263 g/mol. The van der Waals surface area contributed by atoms with E-state index in [1.165, 1.54) is 38.2 Å². The minimum Gasteiger partial charge on any atom is -0.325 e. The van der Waals surface area contributed by atoms with Gasteiger partial charge in [-0.1, -0.05) is 38.3 Å². The second-order valence-electron chi connectivity index (χ2n) is 6.45. The molecule has 1 aromatic carbocycles. The summed E-state index contributed by atoms with van der Waals surface area (Å²) in [4.78, 5) is 0. The van der Waals surface area contributed by atoms with Gasteiger partial charge in [0.25, 0.3) is 0 Å². The standard InChI is InChI=1S/C17H26FN/c1-3-13-6-4-8-15(10-13)17(2,19)12-14-7-5-9-16(18)11-14/h5,7,9,11,13,15H,3-4,6,8,10,12,19H2,1-2H3. The number of rotatable bonds is 4. The first-order valence-corrected chi connectivity index (χ1v) is 7.54. The van der Waals surface area contributed by atoms with Crippen LogP contribution in [-0.4, -0.2) is 5.54 Å². The van der Waals surface area contributed by atoms with E-state index in [-0.39, 0.29) is 11.4 Å². The Morgan fingerprint density at radius 3 is 2.84 bits per heavy atom. The lowest BCUT2D eigenvalue weighted by Gasteiger charge is -2.40. The van der Waals surface area contributed by atoms with E-state index in [9.17, 15) is 4.39 Å². The van der Waals surface area contributed by atoms with E-state index < -0.39 is 0 Å². The van der Waals surface area contributed by atoms with E-state index in [1.54, 1.807) is 12.1 Å². The SMILES string of the molecule is CCC1CCCC(C(C)(N)Cc2cccc(F)c2)C1. The molecule has 1 saturated carbocycles. The molecule has 0 heterocycles. The van der Waals surface area contributed by atoms with Crippen LogP contribution in [0.15, 0.2) is 24.3 Å². The van der Waals surface area contributed by atoms with Crippen LogP contribution in [0.25, 0.3) is 0 Å². The highest BCUT2D eigenvalue weighted by molar-refractivity contribution is 5.19. The van der Waals surface area contributed by atoms with Crippen molar-refractivity contribution in [3.63, 3.8) is 0 Å². The maximum absolute atomic E-state index is 13.3. The van der Waals surface area contributed by atoms with Crippen molar-refractivity contribution in [2.24, 2.45) is 17.6 Å². The highest BCUT2D eigenvalue weighted by Crippen LogP contribution is 2.37. The molecule has 1 aromatic rings. The number of hydrogen-bond donors (Lipinski definition) is 1. The van der Waals surface area contributed by atoms with Crippen LogP contribution in [-0.2, 0) is 6.42 Å². The third-order valence-corrected chi connectivity index (χ3v) is 4.77. The van der Waals surface area contributed by atoms with Crippen LogP contribution in [0.3, 0.4) is 0 Å². The van der Waals surface area contributed by atoms with Gasteiger partial charge in [-0.25, -0.2) is 4.39 Å². The third kappa shape index (κ3) is 3.79. The predicted molar refractivity (Wildman–Crippen MR) is 78.4 cm³/mol. The summed E-state index contributed by atoms with van der Waals surface area (Å²) in [6, 6.07) is 6.86. The molecule has 2 heteroatoms. The zero-order valence-electron chi connectivity index (χ0n) is 12.2. The normalized spacial score (nSPS) is 26.9. The van der Waals surface area contributed by atoms with Crippen molar-refractivity contribution in [3.05, 3.63) is 35.6 Å². The van der Waals surface area contributed by atoms with Crippen LogP contribution in [0.4, 0.5) is 4.39 Å². The number of halogens is 1. The van der Waals surface area contributed by atoms with Crippen LogP contribution in [0, 0.1) is 17.7 Å². The molecule has 19 heavy (non-hydrogen) atoms. The highest BCUT2D eigenvalue weighted by atomic mass is 19.1. The van der Waals surface area contributed by atoms with Gasteiger partial charge in [0.2, 0.25) is 0 Å². The first kappa shape index (κ1) is 14.5. The summed E-state index contributed by atoms with van der Waals surface area (Å²) in [5.41, 5.74) is 7.36. The van der Waals surface area contributed by atoms with Crippen molar-refractivity contribution in [2.75, 3.05) is 0 Å². The topological polar surface area (TPSA) is 26.0 Å². The molecule has 1 fully saturated rings. The van der Waals surface area contributed by atoms with E-state index in [4.69, 9.17) is 5.73 Å². The Hall–Kier alpha value is -0.890. The summed E-state index contributed by atoms with van der Waals surface area (Å²) in [5, 5.41) is 0. The number of nitrogens with two attached hydrogens (primary N) is 1. The van der Waals surface area contributed by atoms with Gasteiger partial charge in [0.15, 0.2) is 0 Å². The molecule has 0 saturated heterocycles. The molecule has 3 atom stereocenters. The quantitative estimate of drug-likeness (QED) is 0.861. The summed E-state index contributed by atoms with van der Waals surface area (Å²) in [5.74, 6) is 1.23. The molecule has 2 rings (SSSR count). The van der Waals surface area contributed by atoms with Crippen molar-refractivity contribution >= 4 is 0 Å². The minimum absolute atomic E-state index is 0.164. The fourth-order valence-electron chi connectivity index (χ4n) is 3.49. The van der Waals surface area contributed by atoms with E-state index in [2.05, 4.69) is 13.8 Å². The average Bonchev–Trinajstić information content (AvgIpc) is 2.38. The third-order valence-electron chi connectivity index (χ3n) is 4.77. The monoisotopic (exact) mass is 263 g/mol. The second kappa shape index (κ2) is 6.04. The molecule has 0 spiro atoms. The molecular weight excluding hydrogens is 237 g/mol. The van der Waals surface area contributed by atoms with E-state index in [0.29, 0.717) is 5.92 Å². The molecule has 1 aliphatic carbocycles. The van der Waals surface area contributed by atoms with E-state index >= 15 is 0 Å². The van der Waals surface area contributed by atoms with Crippen LogP contribution in [0.1, 0.15) is 51.5 Å². The van der Waals surface area contributed by atoms with E-state index in [1.807, 2.05) is 6.07 Å². The molecule has 1 nitrogen and oxygen atoms in total. The molecular formula is C17H26FN. The van der Waals surface area contributed by atoms with Gasteiger partial charge in [-0.05, 0) is 55.7 Å². The smallest absolute Gasteiger partial charge is 0.123 e. The second-order valence-corrected chi connectivity index (χ2v) is 6.45. The zero-order valence-corrected chi connectivity index (χ0v) is 12.2. The van der Waals surface area contributed by atoms with Gasteiger partial charge in [-0.3, -0.25) is 0 Å². The lowest BCUT2D eigenvalue weighted by molar-refractivity contribution is 0.172. The number of hydrogen-bond acceptors (Lipinski definition) is 1. The Morgan fingerprint density at radius 2 is 2.16 bits per heavy atom. The van der Waals surface area contributed by atoms with Crippen LogP contribution in [0.2, 0.25) is 0 Å². The van der Waals surface area contributed by atoms with Crippen LogP contribution < -0.4 is 5.73 Å². The van der Waals surface area contributed by atoms with Gasteiger partial charge < -0.3 is 5.73 Å². The maximum Gasteiger partial charge on any atom is 0.123 e.